The first-order valence-electron chi connectivity index (χ1n) is 8.11. The summed E-state index contributed by atoms with van der Waals surface area (Å²) in [6.45, 7) is 10.3. The van der Waals surface area contributed by atoms with Gasteiger partial charge in [-0.3, -0.25) is 4.79 Å². The number of hydrogen-bond acceptors (Lipinski definition) is 2. The van der Waals surface area contributed by atoms with Gasteiger partial charge < -0.3 is 5.32 Å². The van der Waals surface area contributed by atoms with Crippen molar-refractivity contribution in [3.05, 3.63) is 65.0 Å². The lowest BCUT2D eigenvalue weighted by Gasteiger charge is -2.27. The summed E-state index contributed by atoms with van der Waals surface area (Å²) in [5.41, 5.74) is 3.36. The van der Waals surface area contributed by atoms with Crippen molar-refractivity contribution in [2.75, 3.05) is 0 Å². The standard InChI is InChI=1S/C21H24N2O/c1-15-7-6-8-17(13-15)9-10-18-11-12-19(22-14-18)20(24)23-16(2)21(3,4)5/h6-8,11-14,16H,1-5H3,(H,23,24). The van der Waals surface area contributed by atoms with E-state index in [9.17, 15) is 4.79 Å². The predicted molar refractivity (Wildman–Crippen MR) is 97.8 cm³/mol. The minimum atomic E-state index is -0.157. The van der Waals surface area contributed by atoms with Crippen LogP contribution in [0.4, 0.5) is 0 Å². The van der Waals surface area contributed by atoms with Gasteiger partial charge in [0.15, 0.2) is 0 Å². The van der Waals surface area contributed by atoms with E-state index >= 15 is 0 Å². The van der Waals surface area contributed by atoms with Crippen LogP contribution >= 0.6 is 0 Å². The number of aromatic nitrogens is 1. The summed E-state index contributed by atoms with van der Waals surface area (Å²) in [4.78, 5) is 16.4. The predicted octanol–water partition coefficient (Wildman–Crippen LogP) is 3.95. The lowest BCUT2D eigenvalue weighted by atomic mass is 9.88. The van der Waals surface area contributed by atoms with E-state index in [0.717, 1.165) is 11.1 Å². The van der Waals surface area contributed by atoms with Gasteiger partial charge >= 0.3 is 0 Å². The molecule has 1 aromatic heterocycles. The number of carbonyl (C=O) groups is 1. The maximum Gasteiger partial charge on any atom is 0.270 e. The largest absolute Gasteiger partial charge is 0.348 e. The fourth-order valence-electron chi connectivity index (χ4n) is 1.96. The number of aryl methyl sites for hydroxylation is 1. The van der Waals surface area contributed by atoms with Gasteiger partial charge in [0, 0.05) is 23.4 Å². The van der Waals surface area contributed by atoms with Crippen LogP contribution in [0, 0.1) is 24.2 Å². The number of carbonyl (C=O) groups excluding carboxylic acids is 1. The molecular formula is C21H24N2O. The minimum absolute atomic E-state index is 0.00882. The normalized spacial score (nSPS) is 12.0. The van der Waals surface area contributed by atoms with Crippen LogP contribution in [0.2, 0.25) is 0 Å². The van der Waals surface area contributed by atoms with E-state index in [1.165, 1.54) is 5.56 Å². The molecule has 0 saturated heterocycles. The second-order valence-electron chi connectivity index (χ2n) is 7.11. The summed E-state index contributed by atoms with van der Waals surface area (Å²) in [5, 5.41) is 2.98. The van der Waals surface area contributed by atoms with Gasteiger partial charge in [0.2, 0.25) is 0 Å². The Morgan fingerprint density at radius 2 is 1.83 bits per heavy atom. The van der Waals surface area contributed by atoms with Gasteiger partial charge in [-0.25, -0.2) is 4.98 Å². The summed E-state index contributed by atoms with van der Waals surface area (Å²) in [5.74, 6) is 6.03. The Kier molecular flexibility index (Phi) is 5.41. The van der Waals surface area contributed by atoms with Crippen LogP contribution in [0.25, 0.3) is 0 Å². The summed E-state index contributed by atoms with van der Waals surface area (Å²) < 4.78 is 0. The quantitative estimate of drug-likeness (QED) is 0.851. The Balaban J connectivity index is 2.07. The number of nitrogens with one attached hydrogen (secondary N) is 1. The van der Waals surface area contributed by atoms with Crippen LogP contribution in [-0.4, -0.2) is 16.9 Å². The van der Waals surface area contributed by atoms with E-state index in [2.05, 4.69) is 42.9 Å². The minimum Gasteiger partial charge on any atom is -0.348 e. The van der Waals surface area contributed by atoms with Gasteiger partial charge in [0.05, 0.1) is 0 Å². The topological polar surface area (TPSA) is 42.0 Å². The van der Waals surface area contributed by atoms with Crippen molar-refractivity contribution in [3.8, 4) is 11.8 Å². The molecule has 0 saturated carbocycles. The first-order valence-corrected chi connectivity index (χ1v) is 8.11. The molecule has 1 heterocycles. The highest BCUT2D eigenvalue weighted by atomic mass is 16.1. The molecule has 1 unspecified atom stereocenters. The zero-order chi connectivity index (χ0) is 17.7. The highest BCUT2D eigenvalue weighted by molar-refractivity contribution is 5.92. The van der Waals surface area contributed by atoms with Crippen molar-refractivity contribution in [2.45, 2.75) is 40.7 Å². The Labute approximate surface area is 144 Å². The lowest BCUT2D eigenvalue weighted by Crippen LogP contribution is -2.41. The van der Waals surface area contributed by atoms with E-state index in [-0.39, 0.29) is 17.4 Å². The molecular weight excluding hydrogens is 296 g/mol. The maximum atomic E-state index is 12.2. The van der Waals surface area contributed by atoms with Crippen molar-refractivity contribution < 1.29 is 4.79 Å². The molecule has 2 aromatic rings. The monoisotopic (exact) mass is 320 g/mol. The first kappa shape index (κ1) is 17.7. The second-order valence-corrected chi connectivity index (χ2v) is 7.11. The summed E-state index contributed by atoms with van der Waals surface area (Å²) >= 11 is 0. The molecule has 0 aliphatic heterocycles. The Morgan fingerprint density at radius 1 is 1.12 bits per heavy atom. The molecule has 0 aliphatic carbocycles. The number of benzene rings is 1. The maximum absolute atomic E-state index is 12.2. The Bertz CT molecular complexity index is 774. The van der Waals surface area contributed by atoms with Gasteiger partial charge in [0.1, 0.15) is 5.69 Å². The molecule has 24 heavy (non-hydrogen) atoms. The number of amides is 1. The van der Waals surface area contributed by atoms with Gasteiger partial charge in [0.25, 0.3) is 5.91 Å². The third-order valence-corrected chi connectivity index (χ3v) is 4.01. The molecule has 0 radical (unpaired) electrons. The van der Waals surface area contributed by atoms with Crippen molar-refractivity contribution in [2.24, 2.45) is 5.41 Å². The zero-order valence-electron chi connectivity index (χ0n) is 15.0. The molecule has 124 valence electrons. The van der Waals surface area contributed by atoms with Crippen LogP contribution in [-0.2, 0) is 0 Å². The van der Waals surface area contributed by atoms with Crippen LogP contribution in [0.1, 0.15) is 54.9 Å². The van der Waals surface area contributed by atoms with Gasteiger partial charge in [-0.1, -0.05) is 44.7 Å². The molecule has 0 fully saturated rings. The SMILES string of the molecule is Cc1cccc(C#Cc2ccc(C(=O)NC(C)C(C)(C)C)nc2)c1. The molecule has 1 N–H and O–H groups in total. The van der Waals surface area contributed by atoms with Crippen molar-refractivity contribution in [3.63, 3.8) is 0 Å². The Hall–Kier alpha value is -2.60. The summed E-state index contributed by atoms with van der Waals surface area (Å²) in [6, 6.07) is 11.6. The molecule has 1 aromatic carbocycles. The molecule has 0 bridgehead atoms. The molecule has 3 heteroatoms. The molecule has 0 spiro atoms. The second kappa shape index (κ2) is 7.31. The summed E-state index contributed by atoms with van der Waals surface area (Å²) in [7, 11) is 0. The van der Waals surface area contributed by atoms with Crippen LogP contribution in [0.3, 0.4) is 0 Å². The highest BCUT2D eigenvalue weighted by Gasteiger charge is 2.22. The number of hydrogen-bond donors (Lipinski definition) is 1. The van der Waals surface area contributed by atoms with Crippen LogP contribution < -0.4 is 5.32 Å². The number of nitrogens with zero attached hydrogens (tertiary/aromatic N) is 1. The average molecular weight is 320 g/mol. The van der Waals surface area contributed by atoms with Crippen LogP contribution in [0.5, 0.6) is 0 Å². The van der Waals surface area contributed by atoms with Crippen molar-refractivity contribution >= 4 is 5.91 Å². The fourth-order valence-corrected chi connectivity index (χ4v) is 1.96. The van der Waals surface area contributed by atoms with E-state index in [0.29, 0.717) is 5.69 Å². The molecule has 2 rings (SSSR count). The summed E-state index contributed by atoms with van der Waals surface area (Å²) in [6.07, 6.45) is 1.64. The molecule has 0 aliphatic rings. The lowest BCUT2D eigenvalue weighted by molar-refractivity contribution is 0.0905. The third-order valence-electron chi connectivity index (χ3n) is 4.01. The van der Waals surface area contributed by atoms with Crippen LogP contribution in [0.15, 0.2) is 42.6 Å². The van der Waals surface area contributed by atoms with E-state index < -0.39 is 0 Å². The van der Waals surface area contributed by atoms with Crippen molar-refractivity contribution in [1.82, 2.24) is 10.3 Å². The molecule has 1 amide bonds. The molecule has 3 nitrogen and oxygen atoms in total. The molecule has 1 atom stereocenters. The Morgan fingerprint density at radius 3 is 2.42 bits per heavy atom. The highest BCUT2D eigenvalue weighted by Crippen LogP contribution is 2.18. The van der Waals surface area contributed by atoms with E-state index in [1.54, 1.807) is 12.3 Å². The zero-order valence-corrected chi connectivity index (χ0v) is 15.0. The first-order chi connectivity index (χ1) is 11.3. The smallest absolute Gasteiger partial charge is 0.270 e. The average Bonchev–Trinajstić information content (AvgIpc) is 2.52. The third kappa shape index (κ3) is 4.96. The van der Waals surface area contributed by atoms with E-state index in [1.807, 2.05) is 44.2 Å². The van der Waals surface area contributed by atoms with Gasteiger partial charge in [-0.2, -0.15) is 0 Å². The van der Waals surface area contributed by atoms with Gasteiger partial charge in [-0.05, 0) is 49.1 Å². The van der Waals surface area contributed by atoms with Crippen molar-refractivity contribution in [1.29, 1.82) is 0 Å². The number of rotatable bonds is 2. The van der Waals surface area contributed by atoms with Gasteiger partial charge in [-0.15, -0.1) is 0 Å². The number of pyridine rings is 1. The van der Waals surface area contributed by atoms with E-state index in [4.69, 9.17) is 0 Å². The fraction of sp³-hybridized carbons (Fsp3) is 0.333.